The van der Waals surface area contributed by atoms with Crippen LogP contribution in [-0.4, -0.2) is 11.1 Å². The van der Waals surface area contributed by atoms with Gasteiger partial charge < -0.3 is 9.26 Å². The standard InChI is InChI=1S/C12H9FN4O3/c13-9-2-1-3-11(8(9)5-14)19-6-7-4-10(17-20-7)12(18)16-15/h1-4H,6,15H2,(H,16,18). The van der Waals surface area contributed by atoms with E-state index in [9.17, 15) is 9.18 Å². The van der Waals surface area contributed by atoms with Crippen molar-refractivity contribution >= 4 is 5.91 Å². The van der Waals surface area contributed by atoms with Crippen molar-refractivity contribution in [2.24, 2.45) is 5.84 Å². The molecule has 1 amide bonds. The van der Waals surface area contributed by atoms with Crippen molar-refractivity contribution in [1.82, 2.24) is 10.6 Å². The van der Waals surface area contributed by atoms with E-state index in [1.165, 1.54) is 18.2 Å². The highest BCUT2D eigenvalue weighted by molar-refractivity contribution is 5.91. The van der Waals surface area contributed by atoms with Gasteiger partial charge in [-0.25, -0.2) is 10.2 Å². The molecule has 0 unspecified atom stereocenters. The van der Waals surface area contributed by atoms with Crippen molar-refractivity contribution in [1.29, 1.82) is 5.26 Å². The van der Waals surface area contributed by atoms with Gasteiger partial charge in [-0.05, 0) is 12.1 Å². The first-order chi connectivity index (χ1) is 9.65. The van der Waals surface area contributed by atoms with Gasteiger partial charge in [0.1, 0.15) is 29.8 Å². The Morgan fingerprint density at radius 3 is 3.10 bits per heavy atom. The molecule has 0 saturated heterocycles. The third-order valence-corrected chi connectivity index (χ3v) is 2.38. The smallest absolute Gasteiger partial charge is 0.287 e. The maximum Gasteiger partial charge on any atom is 0.287 e. The number of nitrogens with two attached hydrogens (primary N) is 1. The predicted octanol–water partition coefficient (Wildman–Crippen LogP) is 0.868. The van der Waals surface area contributed by atoms with Crippen LogP contribution in [0.25, 0.3) is 0 Å². The number of benzene rings is 1. The zero-order valence-corrected chi connectivity index (χ0v) is 10.1. The van der Waals surface area contributed by atoms with Gasteiger partial charge >= 0.3 is 0 Å². The van der Waals surface area contributed by atoms with Crippen molar-refractivity contribution < 1.29 is 18.4 Å². The van der Waals surface area contributed by atoms with E-state index in [0.29, 0.717) is 0 Å². The van der Waals surface area contributed by atoms with Crippen LogP contribution in [0.1, 0.15) is 21.8 Å². The zero-order chi connectivity index (χ0) is 14.5. The quantitative estimate of drug-likeness (QED) is 0.486. The molecule has 8 heteroatoms. The van der Waals surface area contributed by atoms with E-state index in [2.05, 4.69) is 5.16 Å². The Labute approximate surface area is 112 Å². The number of aromatic nitrogens is 1. The van der Waals surface area contributed by atoms with Crippen molar-refractivity contribution in [3.05, 3.63) is 47.1 Å². The first-order valence-corrected chi connectivity index (χ1v) is 5.43. The Morgan fingerprint density at radius 2 is 2.40 bits per heavy atom. The number of carbonyl (C=O) groups excluding carboxylic acids is 1. The highest BCUT2D eigenvalue weighted by atomic mass is 19.1. The summed E-state index contributed by atoms with van der Waals surface area (Å²) in [6, 6.07) is 7.05. The van der Waals surface area contributed by atoms with Gasteiger partial charge in [0.2, 0.25) is 0 Å². The van der Waals surface area contributed by atoms with E-state index in [4.69, 9.17) is 20.4 Å². The van der Waals surface area contributed by atoms with Crippen LogP contribution in [0.5, 0.6) is 5.75 Å². The molecule has 0 spiro atoms. The number of hydrazine groups is 1. The third kappa shape index (κ3) is 2.73. The van der Waals surface area contributed by atoms with Crippen LogP contribution < -0.4 is 16.0 Å². The molecule has 0 atom stereocenters. The molecule has 0 aliphatic rings. The number of nitrogens with zero attached hydrogens (tertiary/aromatic N) is 2. The monoisotopic (exact) mass is 276 g/mol. The average molecular weight is 276 g/mol. The first-order valence-electron chi connectivity index (χ1n) is 5.43. The molecule has 20 heavy (non-hydrogen) atoms. The molecule has 1 aromatic heterocycles. The minimum absolute atomic E-state index is 0.00847. The lowest BCUT2D eigenvalue weighted by Gasteiger charge is -2.05. The van der Waals surface area contributed by atoms with Crippen LogP contribution in [-0.2, 0) is 6.61 Å². The number of hydrogen-bond acceptors (Lipinski definition) is 6. The Morgan fingerprint density at radius 1 is 1.60 bits per heavy atom. The van der Waals surface area contributed by atoms with Crippen LogP contribution in [0.15, 0.2) is 28.8 Å². The van der Waals surface area contributed by atoms with Gasteiger partial charge in [0.05, 0.1) is 0 Å². The number of nitrogen functional groups attached to an aromatic ring is 1. The van der Waals surface area contributed by atoms with Crippen molar-refractivity contribution in [3.63, 3.8) is 0 Å². The largest absolute Gasteiger partial charge is 0.484 e. The molecule has 2 rings (SSSR count). The van der Waals surface area contributed by atoms with Gasteiger partial charge in [-0.2, -0.15) is 5.26 Å². The van der Waals surface area contributed by atoms with E-state index in [1.54, 1.807) is 6.07 Å². The van der Waals surface area contributed by atoms with Gasteiger partial charge in [-0.1, -0.05) is 11.2 Å². The first kappa shape index (κ1) is 13.5. The summed E-state index contributed by atoms with van der Waals surface area (Å²) in [5.74, 6) is 3.97. The minimum atomic E-state index is -0.675. The summed E-state index contributed by atoms with van der Waals surface area (Å²) in [5.41, 5.74) is 1.69. The van der Waals surface area contributed by atoms with Crippen molar-refractivity contribution in [2.45, 2.75) is 6.61 Å². The van der Waals surface area contributed by atoms with Crippen LogP contribution in [0, 0.1) is 17.1 Å². The normalized spacial score (nSPS) is 9.85. The second-order valence-electron chi connectivity index (χ2n) is 3.67. The molecule has 0 saturated carbocycles. The molecule has 0 aliphatic heterocycles. The Hall–Kier alpha value is -2.92. The maximum absolute atomic E-state index is 13.3. The van der Waals surface area contributed by atoms with Crippen LogP contribution in [0.3, 0.4) is 0 Å². The van der Waals surface area contributed by atoms with Crippen molar-refractivity contribution in [2.75, 3.05) is 0 Å². The lowest BCUT2D eigenvalue weighted by molar-refractivity contribution is 0.0944. The molecule has 0 radical (unpaired) electrons. The molecule has 7 nitrogen and oxygen atoms in total. The fourth-order valence-electron chi connectivity index (χ4n) is 1.44. The predicted molar refractivity (Wildman–Crippen MR) is 63.6 cm³/mol. The zero-order valence-electron chi connectivity index (χ0n) is 10.1. The summed E-state index contributed by atoms with van der Waals surface area (Å²) >= 11 is 0. The number of nitriles is 1. The third-order valence-electron chi connectivity index (χ3n) is 2.38. The summed E-state index contributed by atoms with van der Waals surface area (Å²) in [4.78, 5) is 11.2. The van der Waals surface area contributed by atoms with Crippen LogP contribution in [0.4, 0.5) is 4.39 Å². The molecule has 1 aromatic carbocycles. The number of amides is 1. The molecule has 3 N–H and O–H groups in total. The number of halogens is 1. The van der Waals surface area contributed by atoms with Gasteiger partial charge in [0.25, 0.3) is 5.91 Å². The maximum atomic E-state index is 13.3. The molecular formula is C12H9FN4O3. The average Bonchev–Trinajstić information content (AvgIpc) is 2.93. The minimum Gasteiger partial charge on any atom is -0.484 e. The van der Waals surface area contributed by atoms with E-state index in [1.807, 2.05) is 5.43 Å². The van der Waals surface area contributed by atoms with E-state index >= 15 is 0 Å². The number of rotatable bonds is 4. The fraction of sp³-hybridized carbons (Fsp3) is 0.0833. The second kappa shape index (κ2) is 5.81. The fourth-order valence-corrected chi connectivity index (χ4v) is 1.44. The van der Waals surface area contributed by atoms with E-state index in [-0.39, 0.29) is 29.4 Å². The molecular weight excluding hydrogens is 267 g/mol. The van der Waals surface area contributed by atoms with Gasteiger partial charge in [0.15, 0.2) is 11.5 Å². The Balaban J connectivity index is 2.10. The summed E-state index contributed by atoms with van der Waals surface area (Å²) in [6.45, 7) is -0.108. The molecule has 1 heterocycles. The van der Waals surface area contributed by atoms with E-state index in [0.717, 1.165) is 6.07 Å². The van der Waals surface area contributed by atoms with Gasteiger partial charge in [0, 0.05) is 6.07 Å². The highest BCUT2D eigenvalue weighted by Gasteiger charge is 2.13. The molecule has 102 valence electrons. The number of nitrogens with one attached hydrogen (secondary N) is 1. The van der Waals surface area contributed by atoms with Gasteiger partial charge in [-0.15, -0.1) is 0 Å². The summed E-state index contributed by atoms with van der Waals surface area (Å²) in [5, 5.41) is 12.3. The SMILES string of the molecule is N#Cc1c(F)cccc1OCc1cc(C(=O)NN)no1. The topological polar surface area (TPSA) is 114 Å². The lowest BCUT2D eigenvalue weighted by atomic mass is 10.2. The summed E-state index contributed by atoms with van der Waals surface area (Å²) < 4.78 is 23.4. The van der Waals surface area contributed by atoms with Crippen molar-refractivity contribution in [3.8, 4) is 11.8 Å². The number of ether oxygens (including phenoxy) is 1. The Kier molecular flexibility index (Phi) is 3.93. The second-order valence-corrected chi connectivity index (χ2v) is 3.67. The molecule has 2 aromatic rings. The Bertz CT molecular complexity index is 678. The van der Waals surface area contributed by atoms with Crippen LogP contribution >= 0.6 is 0 Å². The molecule has 0 fully saturated rings. The summed E-state index contributed by atoms with van der Waals surface area (Å²) in [6.07, 6.45) is 0. The van der Waals surface area contributed by atoms with Gasteiger partial charge in [-0.3, -0.25) is 10.2 Å². The number of hydrogen-bond donors (Lipinski definition) is 2. The highest BCUT2D eigenvalue weighted by Crippen LogP contribution is 2.21. The molecule has 0 bridgehead atoms. The van der Waals surface area contributed by atoms with E-state index < -0.39 is 11.7 Å². The number of carbonyl (C=O) groups is 1. The van der Waals surface area contributed by atoms with Crippen LogP contribution in [0.2, 0.25) is 0 Å². The lowest BCUT2D eigenvalue weighted by Crippen LogP contribution is -2.30. The summed E-state index contributed by atoms with van der Waals surface area (Å²) in [7, 11) is 0. The molecule has 0 aliphatic carbocycles.